The van der Waals surface area contributed by atoms with Gasteiger partial charge in [-0.25, -0.2) is 0 Å². The summed E-state index contributed by atoms with van der Waals surface area (Å²) in [4.78, 5) is 27.3. The average Bonchev–Trinajstić information content (AvgIpc) is 3.13. The largest absolute Gasteiger partial charge is 0.481 e. The van der Waals surface area contributed by atoms with E-state index in [1.165, 1.54) is 10.4 Å². The Kier molecular flexibility index (Phi) is 4.02. The van der Waals surface area contributed by atoms with Crippen molar-refractivity contribution in [2.45, 2.75) is 45.1 Å². The molecule has 1 aromatic rings. The molecule has 4 nitrogen and oxygen atoms in total. The summed E-state index contributed by atoms with van der Waals surface area (Å²) in [5.74, 6) is -1.01. The van der Waals surface area contributed by atoms with Gasteiger partial charge in [0.15, 0.2) is 0 Å². The molecule has 2 heterocycles. The molecule has 1 amide bonds. The summed E-state index contributed by atoms with van der Waals surface area (Å²) in [7, 11) is 0. The van der Waals surface area contributed by atoms with Crippen molar-refractivity contribution in [3.05, 3.63) is 21.9 Å². The van der Waals surface area contributed by atoms with Gasteiger partial charge in [-0.2, -0.15) is 0 Å². The molecule has 1 fully saturated rings. The standard InChI is InChI=1S/C16H21NO3S/c1-2-13-12-6-8-21-14(12)5-7-17(13)15(18)10-3-4-11(9-10)16(19)20/h6,8,10-11,13H,2-5,7,9H2,1H3,(H,19,20). The predicted molar refractivity (Wildman–Crippen MR) is 81.2 cm³/mol. The average molecular weight is 307 g/mol. The lowest BCUT2D eigenvalue weighted by Gasteiger charge is -2.37. The number of rotatable bonds is 3. The molecule has 1 aliphatic carbocycles. The molecule has 114 valence electrons. The molecule has 0 bridgehead atoms. The summed E-state index contributed by atoms with van der Waals surface area (Å²) in [6, 6.07) is 2.32. The number of carboxylic acids is 1. The fourth-order valence-corrected chi connectivity index (χ4v) is 4.69. The maximum absolute atomic E-state index is 12.8. The van der Waals surface area contributed by atoms with Gasteiger partial charge in [-0.3, -0.25) is 9.59 Å². The van der Waals surface area contributed by atoms with E-state index in [4.69, 9.17) is 5.11 Å². The Morgan fingerprint density at radius 3 is 2.81 bits per heavy atom. The second kappa shape index (κ2) is 5.79. The topological polar surface area (TPSA) is 57.6 Å². The fourth-order valence-electron chi connectivity index (χ4n) is 3.77. The number of fused-ring (bicyclic) bond motifs is 1. The third kappa shape index (κ3) is 2.59. The third-order valence-electron chi connectivity index (χ3n) is 4.90. The minimum atomic E-state index is -0.754. The van der Waals surface area contributed by atoms with Gasteiger partial charge in [-0.15, -0.1) is 11.3 Å². The van der Waals surface area contributed by atoms with Crippen LogP contribution in [0.2, 0.25) is 0 Å². The zero-order valence-corrected chi connectivity index (χ0v) is 13.1. The summed E-state index contributed by atoms with van der Waals surface area (Å²) >= 11 is 1.78. The Labute approximate surface area is 128 Å². The van der Waals surface area contributed by atoms with Crippen molar-refractivity contribution in [1.82, 2.24) is 4.90 Å². The van der Waals surface area contributed by atoms with Crippen LogP contribution in [-0.2, 0) is 16.0 Å². The maximum Gasteiger partial charge on any atom is 0.306 e. The van der Waals surface area contributed by atoms with E-state index in [2.05, 4.69) is 18.4 Å². The van der Waals surface area contributed by atoms with Crippen molar-refractivity contribution in [2.24, 2.45) is 11.8 Å². The van der Waals surface area contributed by atoms with Gasteiger partial charge in [-0.1, -0.05) is 6.92 Å². The molecule has 0 saturated heterocycles. The highest BCUT2D eigenvalue weighted by molar-refractivity contribution is 7.10. The van der Waals surface area contributed by atoms with Gasteiger partial charge in [0.25, 0.3) is 0 Å². The Morgan fingerprint density at radius 2 is 2.14 bits per heavy atom. The van der Waals surface area contributed by atoms with E-state index in [9.17, 15) is 9.59 Å². The molecule has 1 N–H and O–H groups in total. The van der Waals surface area contributed by atoms with Crippen LogP contribution in [0.25, 0.3) is 0 Å². The molecule has 5 heteroatoms. The van der Waals surface area contributed by atoms with Crippen molar-refractivity contribution in [3.8, 4) is 0 Å². The lowest BCUT2D eigenvalue weighted by Crippen LogP contribution is -2.42. The van der Waals surface area contributed by atoms with E-state index in [0.717, 1.165) is 25.8 Å². The van der Waals surface area contributed by atoms with E-state index in [1.54, 1.807) is 11.3 Å². The molecule has 3 rings (SSSR count). The highest BCUT2D eigenvalue weighted by Crippen LogP contribution is 2.39. The molecule has 1 aromatic heterocycles. The van der Waals surface area contributed by atoms with Gasteiger partial charge in [0.2, 0.25) is 5.91 Å². The first kappa shape index (κ1) is 14.6. The second-order valence-electron chi connectivity index (χ2n) is 6.05. The number of aliphatic carboxylic acids is 1. The smallest absolute Gasteiger partial charge is 0.306 e. The molecular formula is C16H21NO3S. The van der Waals surface area contributed by atoms with Crippen LogP contribution in [0.15, 0.2) is 11.4 Å². The van der Waals surface area contributed by atoms with E-state index in [0.29, 0.717) is 12.8 Å². The van der Waals surface area contributed by atoms with Crippen LogP contribution in [-0.4, -0.2) is 28.4 Å². The Hall–Kier alpha value is -1.36. The first-order valence-corrected chi connectivity index (χ1v) is 8.59. The molecule has 21 heavy (non-hydrogen) atoms. The van der Waals surface area contributed by atoms with Crippen molar-refractivity contribution in [1.29, 1.82) is 0 Å². The monoisotopic (exact) mass is 307 g/mol. The maximum atomic E-state index is 12.8. The van der Waals surface area contributed by atoms with Crippen molar-refractivity contribution < 1.29 is 14.7 Å². The number of hydrogen-bond acceptors (Lipinski definition) is 3. The van der Waals surface area contributed by atoms with Crippen molar-refractivity contribution in [3.63, 3.8) is 0 Å². The van der Waals surface area contributed by atoms with Crippen LogP contribution < -0.4 is 0 Å². The van der Waals surface area contributed by atoms with Crippen LogP contribution in [0.4, 0.5) is 0 Å². The highest BCUT2D eigenvalue weighted by Gasteiger charge is 2.39. The van der Waals surface area contributed by atoms with Gasteiger partial charge in [0.05, 0.1) is 12.0 Å². The second-order valence-corrected chi connectivity index (χ2v) is 7.05. The fraction of sp³-hybridized carbons (Fsp3) is 0.625. The summed E-state index contributed by atoms with van der Waals surface area (Å²) in [5.41, 5.74) is 1.30. The van der Waals surface area contributed by atoms with Gasteiger partial charge in [0, 0.05) is 17.3 Å². The van der Waals surface area contributed by atoms with Gasteiger partial charge >= 0.3 is 5.97 Å². The first-order chi connectivity index (χ1) is 10.1. The summed E-state index contributed by atoms with van der Waals surface area (Å²) in [5, 5.41) is 11.2. The Bertz CT molecular complexity index is 553. The zero-order chi connectivity index (χ0) is 15.0. The van der Waals surface area contributed by atoms with Crippen LogP contribution in [0, 0.1) is 11.8 Å². The van der Waals surface area contributed by atoms with Gasteiger partial charge < -0.3 is 10.0 Å². The van der Waals surface area contributed by atoms with Crippen LogP contribution in [0.1, 0.15) is 49.1 Å². The van der Waals surface area contributed by atoms with E-state index < -0.39 is 5.97 Å². The van der Waals surface area contributed by atoms with Crippen LogP contribution in [0.3, 0.4) is 0 Å². The van der Waals surface area contributed by atoms with Gasteiger partial charge in [0.1, 0.15) is 0 Å². The van der Waals surface area contributed by atoms with E-state index >= 15 is 0 Å². The lowest BCUT2D eigenvalue weighted by molar-refractivity contribution is -0.142. The van der Waals surface area contributed by atoms with E-state index in [1.807, 2.05) is 4.90 Å². The molecule has 2 aliphatic rings. The Morgan fingerprint density at radius 1 is 1.38 bits per heavy atom. The number of carboxylic acid groups (broad SMARTS) is 1. The molecule has 3 atom stereocenters. The van der Waals surface area contributed by atoms with Crippen LogP contribution in [0.5, 0.6) is 0 Å². The number of amides is 1. The molecule has 0 spiro atoms. The number of hydrogen-bond donors (Lipinski definition) is 1. The molecule has 3 unspecified atom stereocenters. The summed E-state index contributed by atoms with van der Waals surface area (Å²) < 4.78 is 0. The molecular weight excluding hydrogens is 286 g/mol. The number of carbonyl (C=O) groups excluding carboxylic acids is 1. The molecule has 0 radical (unpaired) electrons. The summed E-state index contributed by atoms with van der Waals surface area (Å²) in [6.07, 6.45) is 3.73. The molecule has 0 aromatic carbocycles. The minimum absolute atomic E-state index is 0.0969. The van der Waals surface area contributed by atoms with Gasteiger partial charge in [-0.05, 0) is 49.1 Å². The van der Waals surface area contributed by atoms with Crippen LogP contribution >= 0.6 is 11.3 Å². The quantitative estimate of drug-likeness (QED) is 0.933. The highest BCUT2D eigenvalue weighted by atomic mass is 32.1. The number of thiophene rings is 1. The lowest BCUT2D eigenvalue weighted by atomic mass is 9.95. The zero-order valence-electron chi connectivity index (χ0n) is 12.2. The van der Waals surface area contributed by atoms with Crippen molar-refractivity contribution >= 4 is 23.2 Å². The first-order valence-electron chi connectivity index (χ1n) is 7.71. The number of carbonyl (C=O) groups is 2. The minimum Gasteiger partial charge on any atom is -0.481 e. The third-order valence-corrected chi connectivity index (χ3v) is 5.89. The number of nitrogens with zero attached hydrogens (tertiary/aromatic N) is 1. The Balaban J connectivity index is 1.75. The molecule has 1 saturated carbocycles. The predicted octanol–water partition coefficient (Wildman–Crippen LogP) is 3.08. The summed E-state index contributed by atoms with van der Waals surface area (Å²) in [6.45, 7) is 2.89. The van der Waals surface area contributed by atoms with Crippen molar-refractivity contribution in [2.75, 3.05) is 6.54 Å². The molecule has 1 aliphatic heterocycles. The SMILES string of the molecule is CCC1c2ccsc2CCN1C(=O)C1CCC(C(=O)O)C1. The normalized spacial score (nSPS) is 28.4. The van der Waals surface area contributed by atoms with E-state index in [-0.39, 0.29) is 23.8 Å².